The van der Waals surface area contributed by atoms with Gasteiger partial charge in [0.25, 0.3) is 0 Å². The molecule has 0 saturated carbocycles. The van der Waals surface area contributed by atoms with E-state index in [1.807, 2.05) is 6.07 Å². The molecule has 1 heterocycles. The van der Waals surface area contributed by atoms with Crippen molar-refractivity contribution in [3.8, 4) is 6.07 Å². The van der Waals surface area contributed by atoms with E-state index >= 15 is 0 Å². The van der Waals surface area contributed by atoms with Crippen LogP contribution in [0.5, 0.6) is 0 Å². The summed E-state index contributed by atoms with van der Waals surface area (Å²) in [5.74, 6) is 0. The van der Waals surface area contributed by atoms with E-state index in [0.29, 0.717) is 6.04 Å². The standard InChI is InChI=1S/C14H17BrN2/c1-2-13-4-3-7-17(13)14-6-5-11(9-15)8-12(14)10-16/h5-6,8,13H,2-4,7,9H2,1H3. The van der Waals surface area contributed by atoms with E-state index in [4.69, 9.17) is 0 Å². The van der Waals surface area contributed by atoms with Crippen LogP contribution in [0.4, 0.5) is 5.69 Å². The summed E-state index contributed by atoms with van der Waals surface area (Å²) in [5, 5.41) is 10.1. The fraction of sp³-hybridized carbons (Fsp3) is 0.500. The molecular formula is C14H17BrN2. The summed E-state index contributed by atoms with van der Waals surface area (Å²) in [7, 11) is 0. The Morgan fingerprint density at radius 1 is 1.53 bits per heavy atom. The Balaban J connectivity index is 2.35. The molecule has 1 saturated heterocycles. The number of hydrogen-bond donors (Lipinski definition) is 0. The van der Waals surface area contributed by atoms with Crippen molar-refractivity contribution < 1.29 is 0 Å². The Hall–Kier alpha value is -1.01. The Morgan fingerprint density at radius 3 is 3.00 bits per heavy atom. The van der Waals surface area contributed by atoms with E-state index in [2.05, 4.69) is 46.0 Å². The van der Waals surface area contributed by atoms with Crippen molar-refractivity contribution in [1.82, 2.24) is 0 Å². The first-order chi connectivity index (χ1) is 8.30. The molecule has 1 atom stereocenters. The normalized spacial score (nSPS) is 19.4. The molecule has 17 heavy (non-hydrogen) atoms. The lowest BCUT2D eigenvalue weighted by atomic mass is 10.1. The van der Waals surface area contributed by atoms with Crippen LogP contribution in [0.15, 0.2) is 18.2 Å². The molecule has 0 radical (unpaired) electrons. The van der Waals surface area contributed by atoms with Crippen LogP contribution < -0.4 is 4.90 Å². The van der Waals surface area contributed by atoms with Gasteiger partial charge in [-0.25, -0.2) is 0 Å². The second-order valence-corrected chi connectivity index (χ2v) is 5.06. The molecular weight excluding hydrogens is 276 g/mol. The molecule has 2 rings (SSSR count). The van der Waals surface area contributed by atoms with Crippen LogP contribution >= 0.6 is 15.9 Å². The van der Waals surface area contributed by atoms with E-state index in [1.165, 1.54) is 12.8 Å². The molecule has 1 aromatic carbocycles. The van der Waals surface area contributed by atoms with Gasteiger partial charge in [0.05, 0.1) is 11.3 Å². The summed E-state index contributed by atoms with van der Waals surface area (Å²) in [6.45, 7) is 3.31. The lowest BCUT2D eigenvalue weighted by Crippen LogP contribution is -2.29. The molecule has 0 aliphatic carbocycles. The van der Waals surface area contributed by atoms with Gasteiger partial charge in [0.15, 0.2) is 0 Å². The third-order valence-electron chi connectivity index (χ3n) is 3.49. The average molecular weight is 293 g/mol. The Bertz CT molecular complexity index is 436. The third-order valence-corrected chi connectivity index (χ3v) is 4.14. The van der Waals surface area contributed by atoms with Gasteiger partial charge in [-0.3, -0.25) is 0 Å². The van der Waals surface area contributed by atoms with E-state index < -0.39 is 0 Å². The summed E-state index contributed by atoms with van der Waals surface area (Å²) in [4.78, 5) is 2.40. The van der Waals surface area contributed by atoms with Crippen molar-refractivity contribution in [1.29, 1.82) is 5.26 Å². The van der Waals surface area contributed by atoms with Gasteiger partial charge in [0.2, 0.25) is 0 Å². The number of nitriles is 1. The number of halogens is 1. The minimum absolute atomic E-state index is 0.608. The Labute approximate surface area is 111 Å². The van der Waals surface area contributed by atoms with E-state index in [-0.39, 0.29) is 0 Å². The van der Waals surface area contributed by atoms with E-state index in [0.717, 1.165) is 35.1 Å². The molecule has 1 aliphatic rings. The maximum atomic E-state index is 9.27. The number of benzene rings is 1. The first kappa shape index (κ1) is 12.4. The molecule has 0 spiro atoms. The molecule has 0 bridgehead atoms. The Kier molecular flexibility index (Phi) is 4.06. The second kappa shape index (κ2) is 5.55. The van der Waals surface area contributed by atoms with Crippen LogP contribution in [0.3, 0.4) is 0 Å². The third kappa shape index (κ3) is 2.47. The summed E-state index contributed by atoms with van der Waals surface area (Å²) >= 11 is 3.43. The number of nitrogens with zero attached hydrogens (tertiary/aromatic N) is 2. The first-order valence-electron chi connectivity index (χ1n) is 6.15. The lowest BCUT2D eigenvalue weighted by molar-refractivity contribution is 0.645. The van der Waals surface area contributed by atoms with Crippen molar-refractivity contribution in [2.24, 2.45) is 0 Å². The molecule has 0 aromatic heterocycles. The lowest BCUT2D eigenvalue weighted by Gasteiger charge is -2.27. The molecule has 0 N–H and O–H groups in total. The summed E-state index contributed by atoms with van der Waals surface area (Å²) in [5.41, 5.74) is 3.08. The van der Waals surface area contributed by atoms with Gasteiger partial charge in [0.1, 0.15) is 6.07 Å². The molecule has 90 valence electrons. The van der Waals surface area contributed by atoms with Crippen molar-refractivity contribution in [3.63, 3.8) is 0 Å². The van der Waals surface area contributed by atoms with Crippen molar-refractivity contribution in [3.05, 3.63) is 29.3 Å². The quantitative estimate of drug-likeness (QED) is 0.792. The summed E-state index contributed by atoms with van der Waals surface area (Å²) < 4.78 is 0. The summed E-state index contributed by atoms with van der Waals surface area (Å²) in [6, 6.07) is 9.14. The minimum Gasteiger partial charge on any atom is -0.367 e. The van der Waals surface area contributed by atoms with E-state index in [1.54, 1.807) is 0 Å². The molecule has 3 heteroatoms. The first-order valence-corrected chi connectivity index (χ1v) is 7.28. The van der Waals surface area contributed by atoms with Crippen LogP contribution in [0.2, 0.25) is 0 Å². The van der Waals surface area contributed by atoms with Crippen LogP contribution in [0.25, 0.3) is 0 Å². The molecule has 2 nitrogen and oxygen atoms in total. The van der Waals surface area contributed by atoms with Gasteiger partial charge in [-0.2, -0.15) is 5.26 Å². The fourth-order valence-electron chi connectivity index (χ4n) is 2.58. The molecule has 1 fully saturated rings. The zero-order valence-corrected chi connectivity index (χ0v) is 11.7. The predicted octanol–water partition coefficient (Wildman–Crippen LogP) is 3.83. The van der Waals surface area contributed by atoms with Gasteiger partial charge in [-0.1, -0.05) is 28.9 Å². The second-order valence-electron chi connectivity index (χ2n) is 4.49. The number of anilines is 1. The fourth-order valence-corrected chi connectivity index (χ4v) is 2.93. The van der Waals surface area contributed by atoms with Gasteiger partial charge >= 0.3 is 0 Å². The minimum atomic E-state index is 0.608. The highest BCUT2D eigenvalue weighted by Gasteiger charge is 2.24. The van der Waals surface area contributed by atoms with Crippen molar-refractivity contribution in [2.75, 3.05) is 11.4 Å². The Morgan fingerprint density at radius 2 is 2.35 bits per heavy atom. The highest BCUT2D eigenvalue weighted by Crippen LogP contribution is 2.30. The largest absolute Gasteiger partial charge is 0.367 e. The van der Waals surface area contributed by atoms with Crippen LogP contribution in [-0.2, 0) is 5.33 Å². The molecule has 1 aromatic rings. The maximum Gasteiger partial charge on any atom is 0.101 e. The van der Waals surface area contributed by atoms with Crippen LogP contribution in [-0.4, -0.2) is 12.6 Å². The van der Waals surface area contributed by atoms with Crippen LogP contribution in [0, 0.1) is 11.3 Å². The molecule has 1 unspecified atom stereocenters. The van der Waals surface area contributed by atoms with Gasteiger partial charge < -0.3 is 4.90 Å². The topological polar surface area (TPSA) is 27.0 Å². The van der Waals surface area contributed by atoms with Crippen LogP contribution in [0.1, 0.15) is 37.3 Å². The summed E-state index contributed by atoms with van der Waals surface area (Å²) in [6.07, 6.45) is 3.65. The molecule has 1 aliphatic heterocycles. The average Bonchev–Trinajstić information content (AvgIpc) is 2.85. The number of hydrogen-bond acceptors (Lipinski definition) is 2. The highest BCUT2D eigenvalue weighted by atomic mass is 79.9. The van der Waals surface area contributed by atoms with Crippen molar-refractivity contribution in [2.45, 2.75) is 37.6 Å². The van der Waals surface area contributed by atoms with Gasteiger partial charge in [0, 0.05) is 17.9 Å². The number of alkyl halides is 1. The zero-order chi connectivity index (χ0) is 12.3. The monoisotopic (exact) mass is 292 g/mol. The SMILES string of the molecule is CCC1CCCN1c1ccc(CBr)cc1C#N. The zero-order valence-electron chi connectivity index (χ0n) is 10.1. The van der Waals surface area contributed by atoms with Gasteiger partial charge in [-0.15, -0.1) is 0 Å². The molecule has 0 amide bonds. The maximum absolute atomic E-state index is 9.27. The smallest absolute Gasteiger partial charge is 0.101 e. The van der Waals surface area contributed by atoms with Gasteiger partial charge in [-0.05, 0) is 37.0 Å². The number of rotatable bonds is 3. The van der Waals surface area contributed by atoms with Crippen molar-refractivity contribution >= 4 is 21.6 Å². The van der Waals surface area contributed by atoms with E-state index in [9.17, 15) is 5.26 Å². The highest BCUT2D eigenvalue weighted by molar-refractivity contribution is 9.08. The predicted molar refractivity (Wildman–Crippen MR) is 74.4 cm³/mol.